The van der Waals surface area contributed by atoms with Crippen LogP contribution in [0.3, 0.4) is 0 Å². The molecule has 3 heteroatoms. The summed E-state index contributed by atoms with van der Waals surface area (Å²) < 4.78 is 1.00. The monoisotopic (exact) mass is 269 g/mol. The number of rotatable bonds is 3. The van der Waals surface area contributed by atoms with Gasteiger partial charge in [-0.25, -0.2) is 0 Å². The molecule has 0 aromatic heterocycles. The van der Waals surface area contributed by atoms with Crippen molar-refractivity contribution >= 4 is 21.8 Å². The van der Waals surface area contributed by atoms with E-state index in [2.05, 4.69) is 28.2 Å². The van der Waals surface area contributed by atoms with Gasteiger partial charge in [0.2, 0.25) is 0 Å². The number of halogens is 1. The summed E-state index contributed by atoms with van der Waals surface area (Å²) in [4.78, 5) is 11.8. The molecule has 0 aliphatic carbocycles. The first-order valence-electron chi connectivity index (χ1n) is 5.11. The molecule has 0 radical (unpaired) electrons. The van der Waals surface area contributed by atoms with Crippen LogP contribution in [0.2, 0.25) is 0 Å². The zero-order valence-electron chi connectivity index (χ0n) is 9.30. The maximum Gasteiger partial charge on any atom is 0.251 e. The average molecular weight is 270 g/mol. The molecule has 0 bridgehead atoms. The third-order valence-corrected chi connectivity index (χ3v) is 2.92. The molecule has 0 heterocycles. The van der Waals surface area contributed by atoms with E-state index in [1.165, 1.54) is 0 Å². The van der Waals surface area contributed by atoms with Crippen molar-refractivity contribution in [2.45, 2.75) is 33.2 Å². The van der Waals surface area contributed by atoms with Crippen LogP contribution in [0.5, 0.6) is 0 Å². The second-order valence-electron chi connectivity index (χ2n) is 3.74. The largest absolute Gasteiger partial charge is 0.350 e. The summed E-state index contributed by atoms with van der Waals surface area (Å²) in [5.74, 6) is 0.00866. The van der Waals surface area contributed by atoms with Gasteiger partial charge in [0.15, 0.2) is 0 Å². The molecule has 0 saturated heterocycles. The van der Waals surface area contributed by atoms with Crippen LogP contribution < -0.4 is 5.32 Å². The Bertz CT molecular complexity index is 363. The first kappa shape index (κ1) is 12.2. The van der Waals surface area contributed by atoms with Crippen LogP contribution in [0.15, 0.2) is 22.7 Å². The Morgan fingerprint density at radius 1 is 1.53 bits per heavy atom. The van der Waals surface area contributed by atoms with Gasteiger partial charge < -0.3 is 5.32 Å². The summed E-state index contributed by atoms with van der Waals surface area (Å²) in [7, 11) is 0. The first-order chi connectivity index (χ1) is 7.04. The smallest absolute Gasteiger partial charge is 0.251 e. The topological polar surface area (TPSA) is 29.1 Å². The summed E-state index contributed by atoms with van der Waals surface area (Å²) in [6, 6.07) is 5.90. The minimum absolute atomic E-state index is 0.00866. The van der Waals surface area contributed by atoms with Crippen LogP contribution in [0.25, 0.3) is 0 Å². The van der Waals surface area contributed by atoms with Crippen LogP contribution in [-0.2, 0) is 0 Å². The van der Waals surface area contributed by atoms with Gasteiger partial charge in [0, 0.05) is 16.1 Å². The highest BCUT2D eigenvalue weighted by atomic mass is 79.9. The summed E-state index contributed by atoms with van der Waals surface area (Å²) in [6.45, 7) is 6.00. The molecule has 1 atom stereocenters. The molecule has 15 heavy (non-hydrogen) atoms. The molecule has 1 unspecified atom stereocenters. The number of carbonyl (C=O) groups is 1. The van der Waals surface area contributed by atoms with Crippen molar-refractivity contribution in [1.29, 1.82) is 0 Å². The predicted molar refractivity (Wildman–Crippen MR) is 66.1 cm³/mol. The molecular formula is C12H16BrNO. The number of aryl methyl sites for hydroxylation is 1. The average Bonchev–Trinajstić information content (AvgIpc) is 2.17. The molecule has 0 fully saturated rings. The Kier molecular flexibility index (Phi) is 4.33. The number of carbonyl (C=O) groups excluding carboxylic acids is 1. The molecule has 1 amide bonds. The minimum atomic E-state index is 0.00866. The summed E-state index contributed by atoms with van der Waals surface area (Å²) >= 11 is 3.38. The zero-order valence-corrected chi connectivity index (χ0v) is 10.9. The molecule has 1 rings (SSSR count). The SMILES string of the molecule is CCC(C)NC(=O)c1ccc(Br)cc1C. The van der Waals surface area contributed by atoms with Gasteiger partial charge in [0.1, 0.15) is 0 Å². The van der Waals surface area contributed by atoms with Gasteiger partial charge >= 0.3 is 0 Å². The third-order valence-electron chi connectivity index (χ3n) is 2.42. The molecule has 0 aliphatic heterocycles. The van der Waals surface area contributed by atoms with Crippen molar-refractivity contribution in [1.82, 2.24) is 5.32 Å². The zero-order chi connectivity index (χ0) is 11.4. The first-order valence-corrected chi connectivity index (χ1v) is 5.91. The highest BCUT2D eigenvalue weighted by Crippen LogP contribution is 2.15. The molecule has 2 nitrogen and oxygen atoms in total. The number of hydrogen-bond acceptors (Lipinski definition) is 1. The lowest BCUT2D eigenvalue weighted by Gasteiger charge is -2.12. The quantitative estimate of drug-likeness (QED) is 0.897. The lowest BCUT2D eigenvalue weighted by molar-refractivity contribution is 0.0938. The molecule has 1 N–H and O–H groups in total. The van der Waals surface area contributed by atoms with Crippen molar-refractivity contribution in [3.63, 3.8) is 0 Å². The van der Waals surface area contributed by atoms with Crippen molar-refractivity contribution in [2.75, 3.05) is 0 Å². The molecule has 0 spiro atoms. The van der Waals surface area contributed by atoms with Crippen molar-refractivity contribution in [2.24, 2.45) is 0 Å². The van der Waals surface area contributed by atoms with Crippen LogP contribution in [-0.4, -0.2) is 11.9 Å². The molecule has 1 aromatic rings. The Morgan fingerprint density at radius 2 is 2.20 bits per heavy atom. The van der Waals surface area contributed by atoms with Gasteiger partial charge in [0.05, 0.1) is 0 Å². The van der Waals surface area contributed by atoms with Gasteiger partial charge in [-0.15, -0.1) is 0 Å². The second-order valence-corrected chi connectivity index (χ2v) is 4.66. The van der Waals surface area contributed by atoms with E-state index in [1.807, 2.05) is 32.0 Å². The van der Waals surface area contributed by atoms with E-state index in [0.717, 1.165) is 22.0 Å². The van der Waals surface area contributed by atoms with E-state index >= 15 is 0 Å². The molecule has 82 valence electrons. The highest BCUT2D eigenvalue weighted by molar-refractivity contribution is 9.10. The number of benzene rings is 1. The molecule has 0 saturated carbocycles. The maximum absolute atomic E-state index is 11.8. The summed E-state index contributed by atoms with van der Waals surface area (Å²) in [5, 5.41) is 2.95. The van der Waals surface area contributed by atoms with Gasteiger partial charge in [-0.05, 0) is 44.0 Å². The van der Waals surface area contributed by atoms with Crippen molar-refractivity contribution < 1.29 is 4.79 Å². The molecule has 0 aliphatic rings. The van der Waals surface area contributed by atoms with E-state index in [9.17, 15) is 4.79 Å². The Balaban J connectivity index is 2.82. The third kappa shape index (κ3) is 3.34. The predicted octanol–water partition coefficient (Wildman–Crippen LogP) is 3.29. The van der Waals surface area contributed by atoms with E-state index in [1.54, 1.807) is 0 Å². The van der Waals surface area contributed by atoms with Gasteiger partial charge in [0.25, 0.3) is 5.91 Å². The normalized spacial score (nSPS) is 12.3. The lowest BCUT2D eigenvalue weighted by Crippen LogP contribution is -2.32. The molecular weight excluding hydrogens is 254 g/mol. The fraction of sp³-hybridized carbons (Fsp3) is 0.417. The van der Waals surface area contributed by atoms with Gasteiger partial charge in [-0.1, -0.05) is 22.9 Å². The maximum atomic E-state index is 11.8. The van der Waals surface area contributed by atoms with E-state index in [4.69, 9.17) is 0 Å². The van der Waals surface area contributed by atoms with Crippen LogP contribution in [0.4, 0.5) is 0 Å². The van der Waals surface area contributed by atoms with Crippen LogP contribution >= 0.6 is 15.9 Å². The fourth-order valence-electron chi connectivity index (χ4n) is 1.29. The van der Waals surface area contributed by atoms with Crippen LogP contribution in [0.1, 0.15) is 36.2 Å². The highest BCUT2D eigenvalue weighted by Gasteiger charge is 2.10. The second kappa shape index (κ2) is 5.31. The van der Waals surface area contributed by atoms with Gasteiger partial charge in [-0.2, -0.15) is 0 Å². The fourth-order valence-corrected chi connectivity index (χ4v) is 1.76. The summed E-state index contributed by atoms with van der Waals surface area (Å²) in [6.07, 6.45) is 0.946. The van der Waals surface area contributed by atoms with Crippen LogP contribution in [0, 0.1) is 6.92 Å². The Hall–Kier alpha value is -0.830. The molecule has 1 aromatic carbocycles. The minimum Gasteiger partial charge on any atom is -0.350 e. The number of amides is 1. The van der Waals surface area contributed by atoms with Gasteiger partial charge in [-0.3, -0.25) is 4.79 Å². The number of nitrogens with one attached hydrogen (secondary N) is 1. The Labute approximate surface area is 99.2 Å². The van der Waals surface area contributed by atoms with E-state index in [0.29, 0.717) is 0 Å². The standard InChI is InChI=1S/C12H16BrNO/c1-4-9(3)14-12(15)11-6-5-10(13)7-8(11)2/h5-7,9H,4H2,1-3H3,(H,14,15). The van der Waals surface area contributed by atoms with E-state index in [-0.39, 0.29) is 11.9 Å². The van der Waals surface area contributed by atoms with Crippen molar-refractivity contribution in [3.8, 4) is 0 Å². The Morgan fingerprint density at radius 3 is 2.73 bits per heavy atom. The van der Waals surface area contributed by atoms with E-state index < -0.39 is 0 Å². The van der Waals surface area contributed by atoms with Crippen molar-refractivity contribution in [3.05, 3.63) is 33.8 Å². The summed E-state index contributed by atoms with van der Waals surface area (Å²) in [5.41, 5.74) is 1.74. The number of hydrogen-bond donors (Lipinski definition) is 1. The lowest BCUT2D eigenvalue weighted by atomic mass is 10.1.